The summed E-state index contributed by atoms with van der Waals surface area (Å²) in [5, 5.41) is 3.28. The Kier molecular flexibility index (Phi) is 3.38. The van der Waals surface area contributed by atoms with E-state index in [1.54, 1.807) is 0 Å². The summed E-state index contributed by atoms with van der Waals surface area (Å²) in [5.41, 5.74) is 0. The first kappa shape index (κ1) is 9.05. The van der Waals surface area contributed by atoms with E-state index in [-0.39, 0.29) is 0 Å². The Morgan fingerprint density at radius 3 is 2.36 bits per heavy atom. The smallest absolute Gasteiger partial charge is 0.00209 e. The van der Waals surface area contributed by atoms with Gasteiger partial charge in [0.2, 0.25) is 0 Å². The van der Waals surface area contributed by atoms with Gasteiger partial charge in [-0.15, -0.1) is 0 Å². The Balaban J connectivity index is 2.35. The molecule has 0 radical (unpaired) electrons. The van der Waals surface area contributed by atoms with Gasteiger partial charge < -0.3 is 5.32 Å². The number of hydrogen-bond acceptors (Lipinski definition) is 1. The van der Waals surface area contributed by atoms with Crippen molar-refractivity contribution < 1.29 is 0 Å². The summed E-state index contributed by atoms with van der Waals surface area (Å²) in [7, 11) is 2.06. The molecule has 3 unspecified atom stereocenters. The van der Waals surface area contributed by atoms with Gasteiger partial charge >= 0.3 is 0 Å². The summed E-state index contributed by atoms with van der Waals surface area (Å²) in [6.45, 7) is 5.96. The molecule has 0 aromatic rings. The van der Waals surface area contributed by atoms with Crippen molar-refractivity contribution in [3.8, 4) is 0 Å². The van der Waals surface area contributed by atoms with Gasteiger partial charge in [0.05, 0.1) is 0 Å². The Bertz CT molecular complexity index is 111. The fraction of sp³-hybridized carbons (Fsp3) is 1.00. The van der Waals surface area contributed by atoms with Crippen LogP contribution in [0.5, 0.6) is 0 Å². The van der Waals surface area contributed by atoms with Crippen LogP contribution in [0.15, 0.2) is 0 Å². The monoisotopic (exact) mass is 155 g/mol. The number of rotatable bonds is 3. The summed E-state index contributed by atoms with van der Waals surface area (Å²) in [5.74, 6) is 2.91. The highest BCUT2D eigenvalue weighted by molar-refractivity contribution is 4.82. The van der Waals surface area contributed by atoms with E-state index >= 15 is 0 Å². The van der Waals surface area contributed by atoms with Gasteiger partial charge in [-0.1, -0.05) is 20.3 Å². The van der Waals surface area contributed by atoms with Crippen LogP contribution in [0.4, 0.5) is 0 Å². The van der Waals surface area contributed by atoms with Gasteiger partial charge in [-0.2, -0.15) is 0 Å². The Morgan fingerprint density at radius 1 is 1.27 bits per heavy atom. The molecule has 1 nitrogen and oxygen atoms in total. The molecule has 0 aliphatic heterocycles. The molecule has 0 aromatic carbocycles. The first-order valence-electron chi connectivity index (χ1n) is 4.94. The van der Waals surface area contributed by atoms with Crippen molar-refractivity contribution in [1.82, 2.24) is 5.32 Å². The van der Waals surface area contributed by atoms with Gasteiger partial charge in [-0.05, 0) is 44.2 Å². The topological polar surface area (TPSA) is 12.0 Å². The van der Waals surface area contributed by atoms with Crippen LogP contribution in [0.3, 0.4) is 0 Å². The molecule has 11 heavy (non-hydrogen) atoms. The molecule has 0 bridgehead atoms. The van der Waals surface area contributed by atoms with E-state index in [0.29, 0.717) is 0 Å². The Labute approximate surface area is 70.6 Å². The summed E-state index contributed by atoms with van der Waals surface area (Å²) in [4.78, 5) is 0. The minimum Gasteiger partial charge on any atom is -0.319 e. The van der Waals surface area contributed by atoms with E-state index in [2.05, 4.69) is 26.2 Å². The van der Waals surface area contributed by atoms with Gasteiger partial charge in [0.15, 0.2) is 0 Å². The van der Waals surface area contributed by atoms with Crippen LogP contribution >= 0.6 is 0 Å². The van der Waals surface area contributed by atoms with E-state index in [9.17, 15) is 0 Å². The average Bonchev–Trinajstić information content (AvgIpc) is 2.34. The van der Waals surface area contributed by atoms with Crippen LogP contribution in [0, 0.1) is 17.8 Å². The van der Waals surface area contributed by atoms with Gasteiger partial charge in [0.1, 0.15) is 0 Å². The lowest BCUT2D eigenvalue weighted by Gasteiger charge is -2.18. The molecule has 0 spiro atoms. The Morgan fingerprint density at radius 2 is 1.91 bits per heavy atom. The maximum Gasteiger partial charge on any atom is -0.00209 e. The molecule has 0 saturated heterocycles. The number of hydrogen-bond donors (Lipinski definition) is 1. The van der Waals surface area contributed by atoms with Crippen LogP contribution in [0.1, 0.15) is 33.1 Å². The predicted octanol–water partition coefficient (Wildman–Crippen LogP) is 2.28. The van der Waals surface area contributed by atoms with Crippen molar-refractivity contribution in [2.24, 2.45) is 17.8 Å². The molecule has 1 rings (SSSR count). The van der Waals surface area contributed by atoms with Crippen molar-refractivity contribution in [3.63, 3.8) is 0 Å². The second-order valence-electron chi connectivity index (χ2n) is 3.92. The second-order valence-corrected chi connectivity index (χ2v) is 3.92. The highest BCUT2D eigenvalue weighted by Gasteiger charge is 2.30. The summed E-state index contributed by atoms with van der Waals surface area (Å²) in [6, 6.07) is 0. The summed E-state index contributed by atoms with van der Waals surface area (Å²) >= 11 is 0. The molecule has 0 amide bonds. The number of nitrogens with one attached hydrogen (secondary N) is 1. The lowest BCUT2D eigenvalue weighted by Crippen LogP contribution is -2.22. The van der Waals surface area contributed by atoms with Crippen molar-refractivity contribution in [1.29, 1.82) is 0 Å². The molecule has 0 aromatic heterocycles. The Hall–Kier alpha value is -0.0400. The van der Waals surface area contributed by atoms with E-state index in [1.165, 1.54) is 25.8 Å². The molecule has 1 aliphatic carbocycles. The zero-order valence-electron chi connectivity index (χ0n) is 8.06. The highest BCUT2D eigenvalue weighted by Crippen LogP contribution is 2.37. The molecule has 1 heteroatoms. The first-order chi connectivity index (χ1) is 5.29. The van der Waals surface area contributed by atoms with Gasteiger partial charge in [0, 0.05) is 0 Å². The molecule has 1 N–H and O–H groups in total. The third-order valence-electron chi connectivity index (χ3n) is 3.39. The van der Waals surface area contributed by atoms with E-state index in [4.69, 9.17) is 0 Å². The van der Waals surface area contributed by atoms with Gasteiger partial charge in [-0.3, -0.25) is 0 Å². The van der Waals surface area contributed by atoms with Crippen molar-refractivity contribution >= 4 is 0 Å². The third kappa shape index (κ3) is 1.96. The van der Waals surface area contributed by atoms with E-state index < -0.39 is 0 Å². The molecule has 1 fully saturated rings. The van der Waals surface area contributed by atoms with Crippen LogP contribution in [-0.2, 0) is 0 Å². The normalized spacial score (nSPS) is 37.9. The fourth-order valence-electron chi connectivity index (χ4n) is 2.46. The maximum atomic E-state index is 3.28. The quantitative estimate of drug-likeness (QED) is 0.659. The average molecular weight is 155 g/mol. The lowest BCUT2D eigenvalue weighted by atomic mass is 9.90. The highest BCUT2D eigenvalue weighted by atomic mass is 14.8. The van der Waals surface area contributed by atoms with Crippen LogP contribution in [0.2, 0.25) is 0 Å². The van der Waals surface area contributed by atoms with E-state index in [1.807, 2.05) is 0 Å². The molecule has 0 heterocycles. The van der Waals surface area contributed by atoms with E-state index in [0.717, 1.165) is 17.8 Å². The van der Waals surface area contributed by atoms with Gasteiger partial charge in [0.25, 0.3) is 0 Å². The second kappa shape index (κ2) is 4.10. The SMILES string of the molecule is CCC1CCC(CNC)C1C. The zero-order chi connectivity index (χ0) is 8.27. The van der Waals surface area contributed by atoms with Crippen molar-refractivity contribution in [2.75, 3.05) is 13.6 Å². The van der Waals surface area contributed by atoms with Crippen LogP contribution in [0.25, 0.3) is 0 Å². The minimum atomic E-state index is 0.949. The lowest BCUT2D eigenvalue weighted by molar-refractivity contribution is 0.326. The summed E-state index contributed by atoms with van der Waals surface area (Å²) in [6.07, 6.45) is 4.28. The summed E-state index contributed by atoms with van der Waals surface area (Å²) < 4.78 is 0. The van der Waals surface area contributed by atoms with Gasteiger partial charge in [-0.25, -0.2) is 0 Å². The van der Waals surface area contributed by atoms with Crippen molar-refractivity contribution in [3.05, 3.63) is 0 Å². The maximum absolute atomic E-state index is 3.28. The predicted molar refractivity (Wildman–Crippen MR) is 49.6 cm³/mol. The van der Waals surface area contributed by atoms with Crippen LogP contribution < -0.4 is 5.32 Å². The standard InChI is InChI=1S/C10H21N/c1-4-9-5-6-10(7-11-3)8(9)2/h8-11H,4-7H2,1-3H3. The van der Waals surface area contributed by atoms with Crippen LogP contribution in [-0.4, -0.2) is 13.6 Å². The fourth-order valence-corrected chi connectivity index (χ4v) is 2.46. The molecular formula is C10H21N. The molecule has 1 saturated carbocycles. The molecule has 66 valence electrons. The minimum absolute atomic E-state index is 0.949. The molecule has 1 aliphatic rings. The third-order valence-corrected chi connectivity index (χ3v) is 3.39. The van der Waals surface area contributed by atoms with Crippen molar-refractivity contribution in [2.45, 2.75) is 33.1 Å². The molecule has 3 atom stereocenters. The largest absolute Gasteiger partial charge is 0.319 e. The molecular weight excluding hydrogens is 134 g/mol. The first-order valence-corrected chi connectivity index (χ1v) is 4.94. The zero-order valence-corrected chi connectivity index (χ0v) is 8.06.